The van der Waals surface area contributed by atoms with Crippen LogP contribution in [0.25, 0.3) is 11.3 Å². The molecule has 0 N–H and O–H groups in total. The van der Waals surface area contributed by atoms with Crippen molar-refractivity contribution in [3.63, 3.8) is 0 Å². The van der Waals surface area contributed by atoms with E-state index in [-0.39, 0.29) is 5.02 Å². The number of halogens is 2. The number of hydrogen-bond acceptors (Lipinski definition) is 7. The molecule has 2 aromatic heterocycles. The van der Waals surface area contributed by atoms with Crippen LogP contribution in [-0.2, 0) is 0 Å². The predicted octanol–water partition coefficient (Wildman–Crippen LogP) is 6.09. The summed E-state index contributed by atoms with van der Waals surface area (Å²) >= 11 is 5.44. The first-order valence-corrected chi connectivity index (χ1v) is 19.1. The van der Waals surface area contributed by atoms with Crippen molar-refractivity contribution in [2.24, 2.45) is 0 Å². The maximum atomic E-state index is 13.9. The fourth-order valence-corrected chi connectivity index (χ4v) is 6.33. The molecule has 208 valence electrons. The van der Waals surface area contributed by atoms with Crippen LogP contribution in [0.2, 0.25) is 21.7 Å². The monoisotopic (exact) mass is 614 g/mol. The summed E-state index contributed by atoms with van der Waals surface area (Å²) in [7, 11) is 0. The zero-order valence-electron chi connectivity index (χ0n) is 23.2. The van der Waals surface area contributed by atoms with Gasteiger partial charge in [-0.15, -0.1) is 0 Å². The van der Waals surface area contributed by atoms with E-state index in [4.69, 9.17) is 31.3 Å². The molecule has 3 aromatic rings. The zero-order valence-corrected chi connectivity index (χ0v) is 25.8. The third-order valence-electron chi connectivity index (χ3n) is 7.46. The Hall–Kier alpha value is -2.57. The quantitative estimate of drug-likeness (QED) is 0.285. The molecule has 4 heterocycles. The van der Waals surface area contributed by atoms with Gasteiger partial charge in [0.1, 0.15) is 5.82 Å². The van der Waals surface area contributed by atoms with Gasteiger partial charge in [0.25, 0.3) is 0 Å². The third-order valence-corrected chi connectivity index (χ3v) is 10.0. The Kier molecular flexibility index (Phi) is 8.82. The number of pyridine rings is 1. The Bertz CT molecular complexity index is 1300. The van der Waals surface area contributed by atoms with E-state index in [9.17, 15) is 4.39 Å². The molecule has 10 heteroatoms. The van der Waals surface area contributed by atoms with E-state index in [1.807, 2.05) is 12.3 Å². The van der Waals surface area contributed by atoms with Gasteiger partial charge in [-0.2, -0.15) is 4.98 Å². The Morgan fingerprint density at radius 2 is 1.82 bits per heavy atom. The summed E-state index contributed by atoms with van der Waals surface area (Å²) in [4.78, 5) is 21.6. The molecule has 0 aliphatic carbocycles. The molecule has 2 fully saturated rings. The van der Waals surface area contributed by atoms with Gasteiger partial charge in [0, 0.05) is 24.2 Å². The van der Waals surface area contributed by atoms with E-state index in [1.165, 1.54) is 11.3 Å². The summed E-state index contributed by atoms with van der Waals surface area (Å²) < 4.78 is 19.8. The molecule has 0 radical (unpaired) electrons. The Balaban J connectivity index is 1.33. The summed E-state index contributed by atoms with van der Waals surface area (Å²) in [6, 6.07) is 9.26. The summed E-state index contributed by atoms with van der Waals surface area (Å²) in [5.74, 6) is 3.04. The van der Waals surface area contributed by atoms with Crippen LogP contribution in [0, 0.1) is 12.7 Å². The normalized spacial score (nSPS) is 17.8. The number of nitrogens with zero attached hydrogens (tertiary/aromatic N) is 6. The first kappa shape index (κ1) is 28.0. The number of benzene rings is 1. The van der Waals surface area contributed by atoms with Gasteiger partial charge in [-0.25, -0.2) is 9.37 Å². The standard InChI is InChI=1S/C29H37AsClFN6O/c1-20-16-23(39-15-9-30(3)4)19-33-28(20)37-13-11-36(12-14-37)27-18-26(22-7-8-25(32)24(31)17-22)34-29(35-27)38-10-5-6-21(38)2/h7-8,16-19,21H,5-6,9-15H2,1-4H3. The fraction of sp³-hybridized carbons (Fsp3) is 0.483. The van der Waals surface area contributed by atoms with Crippen molar-refractivity contribution in [1.29, 1.82) is 0 Å². The number of hydrogen-bond donors (Lipinski definition) is 0. The second kappa shape index (κ2) is 12.3. The molecule has 2 aliphatic rings. The van der Waals surface area contributed by atoms with Crippen molar-refractivity contribution in [1.82, 2.24) is 15.0 Å². The molecule has 0 bridgehead atoms. The Morgan fingerprint density at radius 1 is 1.05 bits per heavy atom. The molecule has 5 rings (SSSR count). The number of aryl methyl sites for hydroxylation is 1. The van der Waals surface area contributed by atoms with Gasteiger partial charge < -0.3 is 4.90 Å². The SMILES string of the molecule is Cc1cc(OCC[As](C)C)cnc1N1CCN(c2cc(-c3ccc(F)c(Cl)c3)nc(N3CCCC3C)n2)CC1. The van der Waals surface area contributed by atoms with Crippen molar-refractivity contribution in [3.8, 4) is 17.0 Å². The number of piperazine rings is 1. The van der Waals surface area contributed by atoms with Gasteiger partial charge in [-0.1, -0.05) is 11.6 Å². The van der Waals surface area contributed by atoms with Gasteiger partial charge in [-0.05, 0) is 38.0 Å². The van der Waals surface area contributed by atoms with Crippen LogP contribution in [0.4, 0.5) is 22.0 Å². The van der Waals surface area contributed by atoms with Crippen LogP contribution < -0.4 is 19.4 Å². The van der Waals surface area contributed by atoms with E-state index in [1.54, 1.807) is 12.1 Å². The molecule has 1 unspecified atom stereocenters. The molecule has 2 saturated heterocycles. The average molecular weight is 615 g/mol. The molecule has 0 spiro atoms. The van der Waals surface area contributed by atoms with E-state index in [0.717, 1.165) is 92.3 Å². The van der Waals surface area contributed by atoms with E-state index < -0.39 is 20.5 Å². The molecular weight excluding hydrogens is 578 g/mol. The van der Waals surface area contributed by atoms with E-state index in [2.05, 4.69) is 46.0 Å². The topological polar surface area (TPSA) is 57.6 Å². The van der Waals surface area contributed by atoms with Gasteiger partial charge in [0.2, 0.25) is 5.95 Å². The summed E-state index contributed by atoms with van der Waals surface area (Å²) in [6.07, 6.45) is 4.10. The first-order chi connectivity index (χ1) is 18.8. The molecular formula is C29H37AsClFN6O. The molecule has 1 aromatic carbocycles. The molecule has 7 nitrogen and oxygen atoms in total. The Labute approximate surface area is 240 Å². The van der Waals surface area contributed by atoms with Crippen LogP contribution >= 0.6 is 11.6 Å². The second-order valence-electron chi connectivity index (χ2n) is 10.7. The van der Waals surface area contributed by atoms with Gasteiger partial charge >= 0.3 is 126 Å². The fourth-order valence-electron chi connectivity index (χ4n) is 5.19. The number of aromatic nitrogens is 3. The zero-order chi connectivity index (χ0) is 27.5. The number of ether oxygens (including phenoxy) is 1. The van der Waals surface area contributed by atoms with Gasteiger partial charge in [0.15, 0.2) is 0 Å². The second-order valence-corrected chi connectivity index (χ2v) is 16.5. The summed E-state index contributed by atoms with van der Waals surface area (Å²) in [6.45, 7) is 9.33. The van der Waals surface area contributed by atoms with Crippen LogP contribution in [0.5, 0.6) is 5.75 Å². The molecule has 0 amide bonds. The minimum atomic E-state index is -0.681. The van der Waals surface area contributed by atoms with Crippen LogP contribution in [-0.4, -0.2) is 75.0 Å². The van der Waals surface area contributed by atoms with Crippen LogP contribution in [0.1, 0.15) is 25.3 Å². The number of rotatable bonds is 8. The van der Waals surface area contributed by atoms with Crippen molar-refractivity contribution < 1.29 is 9.13 Å². The van der Waals surface area contributed by atoms with E-state index >= 15 is 0 Å². The molecule has 2 aliphatic heterocycles. The van der Waals surface area contributed by atoms with Gasteiger partial charge in [0.05, 0.1) is 10.7 Å². The minimum absolute atomic E-state index is 0.0959. The van der Waals surface area contributed by atoms with Crippen LogP contribution in [0.3, 0.4) is 0 Å². The maximum absolute atomic E-state index is 13.9. The van der Waals surface area contributed by atoms with Crippen molar-refractivity contribution >= 4 is 43.8 Å². The summed E-state index contributed by atoms with van der Waals surface area (Å²) in [5.41, 5.74) is 7.36. The average Bonchev–Trinajstić information content (AvgIpc) is 3.36. The van der Waals surface area contributed by atoms with Crippen LogP contribution in [0.15, 0.2) is 36.5 Å². The molecule has 1 atom stereocenters. The van der Waals surface area contributed by atoms with Crippen molar-refractivity contribution in [2.75, 3.05) is 54.0 Å². The van der Waals surface area contributed by atoms with Gasteiger partial charge in [-0.3, -0.25) is 0 Å². The number of anilines is 3. The third kappa shape index (κ3) is 6.60. The first-order valence-electron chi connectivity index (χ1n) is 13.6. The predicted molar refractivity (Wildman–Crippen MR) is 160 cm³/mol. The molecule has 39 heavy (non-hydrogen) atoms. The van der Waals surface area contributed by atoms with Crippen molar-refractivity contribution in [3.05, 3.63) is 52.9 Å². The Morgan fingerprint density at radius 3 is 2.49 bits per heavy atom. The van der Waals surface area contributed by atoms with Crippen molar-refractivity contribution in [2.45, 2.75) is 49.4 Å². The van der Waals surface area contributed by atoms with E-state index in [0.29, 0.717) is 6.04 Å². The summed E-state index contributed by atoms with van der Waals surface area (Å²) in [5, 5.41) is 1.27. The molecule has 0 saturated carbocycles.